The van der Waals surface area contributed by atoms with E-state index >= 15 is 0 Å². The van der Waals surface area contributed by atoms with E-state index in [2.05, 4.69) is 45.9 Å². The molecule has 0 radical (unpaired) electrons. The Morgan fingerprint density at radius 1 is 1.32 bits per heavy atom. The minimum Gasteiger partial charge on any atom is -0.396 e. The second-order valence-electron chi connectivity index (χ2n) is 5.92. The monoisotopic (exact) mass is 260 g/mol. The predicted molar refractivity (Wildman–Crippen MR) is 79.1 cm³/mol. The van der Waals surface area contributed by atoms with Crippen molar-refractivity contribution in [3.63, 3.8) is 0 Å². The molecule has 1 unspecified atom stereocenters. The molecule has 0 saturated heterocycles. The lowest BCUT2D eigenvalue weighted by Gasteiger charge is -2.31. The van der Waals surface area contributed by atoms with Gasteiger partial charge in [0.25, 0.3) is 0 Å². The number of rotatable bonds is 5. The number of aromatic nitrogens is 2. The summed E-state index contributed by atoms with van der Waals surface area (Å²) < 4.78 is 2.04. The molecule has 1 N–H and O–H groups in total. The quantitative estimate of drug-likeness (QED) is 0.896. The SMILES string of the molecule is CCn1nc(CC(C)(CO)C(C)C)c2ccccc21. The van der Waals surface area contributed by atoms with E-state index in [0.717, 1.165) is 18.7 Å². The molecule has 0 saturated carbocycles. The number of hydrogen-bond donors (Lipinski definition) is 1. The van der Waals surface area contributed by atoms with Gasteiger partial charge in [-0.3, -0.25) is 4.68 Å². The fourth-order valence-electron chi connectivity index (χ4n) is 2.39. The van der Waals surface area contributed by atoms with E-state index in [1.54, 1.807) is 0 Å². The van der Waals surface area contributed by atoms with Gasteiger partial charge in [0.05, 0.1) is 11.2 Å². The maximum Gasteiger partial charge on any atom is 0.0709 e. The minimum absolute atomic E-state index is 0.115. The molecule has 3 nitrogen and oxygen atoms in total. The first kappa shape index (κ1) is 14.1. The number of benzene rings is 1. The van der Waals surface area contributed by atoms with Gasteiger partial charge in [-0.1, -0.05) is 39.0 Å². The van der Waals surface area contributed by atoms with Crippen LogP contribution in [0.25, 0.3) is 10.9 Å². The van der Waals surface area contributed by atoms with Crippen LogP contribution in [0.15, 0.2) is 24.3 Å². The highest BCUT2D eigenvalue weighted by Crippen LogP contribution is 2.32. The van der Waals surface area contributed by atoms with Crippen LogP contribution in [0.3, 0.4) is 0 Å². The normalized spacial score (nSPS) is 15.1. The van der Waals surface area contributed by atoms with Gasteiger partial charge in [0.2, 0.25) is 0 Å². The van der Waals surface area contributed by atoms with Gasteiger partial charge >= 0.3 is 0 Å². The van der Waals surface area contributed by atoms with Crippen LogP contribution in [0.2, 0.25) is 0 Å². The molecule has 0 fully saturated rings. The molecule has 1 heterocycles. The van der Waals surface area contributed by atoms with E-state index in [4.69, 9.17) is 5.10 Å². The van der Waals surface area contributed by atoms with Crippen LogP contribution in [0.5, 0.6) is 0 Å². The van der Waals surface area contributed by atoms with Crippen LogP contribution < -0.4 is 0 Å². The predicted octanol–water partition coefficient (Wildman–Crippen LogP) is 3.25. The molecule has 19 heavy (non-hydrogen) atoms. The summed E-state index contributed by atoms with van der Waals surface area (Å²) in [6, 6.07) is 8.34. The van der Waals surface area contributed by atoms with Gasteiger partial charge in [0.15, 0.2) is 0 Å². The molecule has 0 bridgehead atoms. The highest BCUT2D eigenvalue weighted by molar-refractivity contribution is 5.82. The molecule has 0 aliphatic rings. The molecule has 0 amide bonds. The molecule has 1 aromatic heterocycles. The lowest BCUT2D eigenvalue weighted by Crippen LogP contribution is -2.30. The summed E-state index contributed by atoms with van der Waals surface area (Å²) in [7, 11) is 0. The molecule has 1 aromatic carbocycles. The molecule has 1 atom stereocenters. The summed E-state index contributed by atoms with van der Waals surface area (Å²) in [5.74, 6) is 0.419. The van der Waals surface area contributed by atoms with Crippen molar-refractivity contribution in [3.05, 3.63) is 30.0 Å². The van der Waals surface area contributed by atoms with Crippen molar-refractivity contribution < 1.29 is 5.11 Å². The Morgan fingerprint density at radius 2 is 2.00 bits per heavy atom. The lowest BCUT2D eigenvalue weighted by molar-refractivity contribution is 0.0939. The van der Waals surface area contributed by atoms with E-state index in [1.165, 1.54) is 10.9 Å². The molecule has 2 aromatic rings. The summed E-state index contributed by atoms with van der Waals surface area (Å²) in [5, 5.41) is 15.7. The summed E-state index contributed by atoms with van der Waals surface area (Å²) in [6.07, 6.45) is 0.814. The fourth-order valence-corrected chi connectivity index (χ4v) is 2.39. The van der Waals surface area contributed by atoms with Crippen molar-refractivity contribution in [2.45, 2.75) is 40.7 Å². The number of aliphatic hydroxyl groups excluding tert-OH is 1. The zero-order chi connectivity index (χ0) is 14.0. The van der Waals surface area contributed by atoms with Crippen LogP contribution in [0.1, 0.15) is 33.4 Å². The van der Waals surface area contributed by atoms with Gasteiger partial charge < -0.3 is 5.11 Å². The number of hydrogen-bond acceptors (Lipinski definition) is 2. The van der Waals surface area contributed by atoms with Crippen LogP contribution in [-0.4, -0.2) is 21.5 Å². The van der Waals surface area contributed by atoms with E-state index in [-0.39, 0.29) is 12.0 Å². The third kappa shape index (κ3) is 2.52. The van der Waals surface area contributed by atoms with Crippen molar-refractivity contribution in [3.8, 4) is 0 Å². The Bertz CT molecular complexity index is 559. The molecule has 104 valence electrons. The summed E-state index contributed by atoms with van der Waals surface area (Å²) in [6.45, 7) is 9.63. The van der Waals surface area contributed by atoms with E-state index in [0.29, 0.717) is 5.92 Å². The standard InChI is InChI=1S/C16H24N2O/c1-5-18-15-9-7-6-8-13(15)14(17-18)10-16(4,11-19)12(2)3/h6-9,12,19H,5,10-11H2,1-4H3. The molecule has 0 aliphatic heterocycles. The van der Waals surface area contributed by atoms with Gasteiger partial charge in [-0.15, -0.1) is 0 Å². The number of aryl methyl sites for hydroxylation is 1. The van der Waals surface area contributed by atoms with Gasteiger partial charge in [-0.05, 0) is 30.7 Å². The van der Waals surface area contributed by atoms with Crippen LogP contribution in [0, 0.1) is 11.3 Å². The second-order valence-corrected chi connectivity index (χ2v) is 5.92. The number of nitrogens with zero attached hydrogens (tertiary/aromatic N) is 2. The van der Waals surface area contributed by atoms with Gasteiger partial charge in [0.1, 0.15) is 0 Å². The maximum atomic E-state index is 9.72. The van der Waals surface area contributed by atoms with Crippen LogP contribution in [-0.2, 0) is 13.0 Å². The maximum absolute atomic E-state index is 9.72. The molecule has 2 rings (SSSR count). The molecule has 0 spiro atoms. The smallest absolute Gasteiger partial charge is 0.0709 e. The molecule has 3 heteroatoms. The zero-order valence-electron chi connectivity index (χ0n) is 12.3. The average Bonchev–Trinajstić information content (AvgIpc) is 2.76. The Morgan fingerprint density at radius 3 is 2.58 bits per heavy atom. The fraction of sp³-hybridized carbons (Fsp3) is 0.562. The first-order valence-electron chi connectivity index (χ1n) is 7.07. The number of aliphatic hydroxyl groups is 1. The minimum atomic E-state index is -0.115. The van der Waals surface area contributed by atoms with E-state index in [9.17, 15) is 5.11 Å². The summed E-state index contributed by atoms with van der Waals surface area (Å²) in [5.41, 5.74) is 2.17. The largest absolute Gasteiger partial charge is 0.396 e. The topological polar surface area (TPSA) is 38.0 Å². The lowest BCUT2D eigenvalue weighted by atomic mass is 9.76. The van der Waals surface area contributed by atoms with Crippen molar-refractivity contribution in [2.24, 2.45) is 11.3 Å². The first-order valence-corrected chi connectivity index (χ1v) is 7.07. The number of fused-ring (bicyclic) bond motifs is 1. The molecular weight excluding hydrogens is 236 g/mol. The van der Waals surface area contributed by atoms with Crippen LogP contribution >= 0.6 is 0 Å². The van der Waals surface area contributed by atoms with E-state index < -0.39 is 0 Å². The molecular formula is C16H24N2O. The highest BCUT2D eigenvalue weighted by atomic mass is 16.3. The summed E-state index contributed by atoms with van der Waals surface area (Å²) in [4.78, 5) is 0. The van der Waals surface area contributed by atoms with E-state index in [1.807, 2.05) is 10.7 Å². The van der Waals surface area contributed by atoms with Gasteiger partial charge in [-0.25, -0.2) is 0 Å². The number of para-hydroxylation sites is 1. The third-order valence-electron chi connectivity index (χ3n) is 4.36. The van der Waals surface area contributed by atoms with Crippen LogP contribution in [0.4, 0.5) is 0 Å². The Labute approximate surface area is 115 Å². The average molecular weight is 260 g/mol. The van der Waals surface area contributed by atoms with Gasteiger partial charge in [-0.2, -0.15) is 5.10 Å². The van der Waals surface area contributed by atoms with Crippen molar-refractivity contribution in [2.75, 3.05) is 6.61 Å². The Kier molecular flexibility index (Phi) is 3.95. The first-order chi connectivity index (χ1) is 9.01. The highest BCUT2D eigenvalue weighted by Gasteiger charge is 2.29. The summed E-state index contributed by atoms with van der Waals surface area (Å²) >= 11 is 0. The zero-order valence-corrected chi connectivity index (χ0v) is 12.3. The second kappa shape index (κ2) is 5.33. The van der Waals surface area contributed by atoms with Gasteiger partial charge in [0, 0.05) is 18.5 Å². The third-order valence-corrected chi connectivity index (χ3v) is 4.36. The van der Waals surface area contributed by atoms with Crippen molar-refractivity contribution >= 4 is 10.9 Å². The Hall–Kier alpha value is -1.35. The van der Waals surface area contributed by atoms with Crippen molar-refractivity contribution in [1.82, 2.24) is 9.78 Å². The Balaban J connectivity index is 2.46. The molecule has 0 aliphatic carbocycles. The van der Waals surface area contributed by atoms with Crippen molar-refractivity contribution in [1.29, 1.82) is 0 Å².